The van der Waals surface area contributed by atoms with E-state index in [0.29, 0.717) is 17.1 Å². The van der Waals surface area contributed by atoms with Gasteiger partial charge in [-0.15, -0.1) is 0 Å². The molecule has 0 amide bonds. The van der Waals surface area contributed by atoms with Gasteiger partial charge in [0.15, 0.2) is 5.03 Å². The Hall–Kier alpha value is -2.35. The van der Waals surface area contributed by atoms with Crippen LogP contribution in [-0.4, -0.2) is 32.8 Å². The molecule has 0 saturated carbocycles. The van der Waals surface area contributed by atoms with Crippen LogP contribution in [0.4, 0.5) is 0 Å². The summed E-state index contributed by atoms with van der Waals surface area (Å²) in [6, 6.07) is 7.17. The fourth-order valence-electron chi connectivity index (χ4n) is 1.78. The van der Waals surface area contributed by atoms with Crippen molar-refractivity contribution in [2.24, 2.45) is 0 Å². The molecule has 8 heteroatoms. The van der Waals surface area contributed by atoms with Crippen LogP contribution < -0.4 is 15.0 Å². The average Bonchev–Trinajstić information content (AvgIpc) is 2.47. The van der Waals surface area contributed by atoms with E-state index in [9.17, 15) is 13.2 Å². The SMILES string of the molecule is COc1ccc(OC)c(CS(=O)(=O)c2ccc(=O)[nH]n2)c1. The second-order valence-corrected chi connectivity index (χ2v) is 6.13. The molecule has 0 saturated heterocycles. The highest BCUT2D eigenvalue weighted by atomic mass is 32.2. The number of benzene rings is 1. The minimum Gasteiger partial charge on any atom is -0.497 e. The predicted octanol–water partition coefficient (Wildman–Crippen LogP) is 0.761. The quantitative estimate of drug-likeness (QED) is 0.875. The second kappa shape index (κ2) is 5.96. The lowest BCUT2D eigenvalue weighted by Gasteiger charge is -2.10. The summed E-state index contributed by atoms with van der Waals surface area (Å²) in [5, 5.41) is 5.45. The summed E-state index contributed by atoms with van der Waals surface area (Å²) in [6.07, 6.45) is 0. The van der Waals surface area contributed by atoms with Gasteiger partial charge in [0.25, 0.3) is 5.56 Å². The largest absolute Gasteiger partial charge is 0.497 e. The molecule has 2 aromatic rings. The van der Waals surface area contributed by atoms with E-state index in [-0.39, 0.29) is 10.8 Å². The van der Waals surface area contributed by atoms with Crippen LogP contribution in [0.3, 0.4) is 0 Å². The van der Waals surface area contributed by atoms with Crippen molar-refractivity contribution in [1.29, 1.82) is 0 Å². The van der Waals surface area contributed by atoms with E-state index in [1.54, 1.807) is 18.2 Å². The van der Waals surface area contributed by atoms with E-state index in [4.69, 9.17) is 9.47 Å². The second-order valence-electron chi connectivity index (χ2n) is 4.20. The molecule has 0 atom stereocenters. The van der Waals surface area contributed by atoms with Gasteiger partial charge < -0.3 is 9.47 Å². The first-order valence-electron chi connectivity index (χ1n) is 5.95. The zero-order chi connectivity index (χ0) is 15.5. The molecule has 1 heterocycles. The molecule has 2 rings (SSSR count). The Morgan fingerprint density at radius 3 is 2.48 bits per heavy atom. The Balaban J connectivity index is 2.40. The van der Waals surface area contributed by atoms with E-state index in [2.05, 4.69) is 10.2 Å². The predicted molar refractivity (Wildman–Crippen MR) is 75.3 cm³/mol. The summed E-state index contributed by atoms with van der Waals surface area (Å²) in [5.74, 6) is 0.645. The van der Waals surface area contributed by atoms with E-state index in [1.165, 1.54) is 20.3 Å². The number of aromatic nitrogens is 2. The molecular weight excluding hydrogens is 296 g/mol. The smallest absolute Gasteiger partial charge is 0.264 e. The average molecular weight is 310 g/mol. The van der Waals surface area contributed by atoms with Crippen molar-refractivity contribution in [2.45, 2.75) is 10.8 Å². The first-order valence-corrected chi connectivity index (χ1v) is 7.61. The number of H-pyrrole nitrogens is 1. The normalized spacial score (nSPS) is 11.1. The number of nitrogens with one attached hydrogen (secondary N) is 1. The fraction of sp³-hybridized carbons (Fsp3) is 0.231. The summed E-state index contributed by atoms with van der Waals surface area (Å²) in [4.78, 5) is 10.9. The van der Waals surface area contributed by atoms with Crippen molar-refractivity contribution in [3.8, 4) is 11.5 Å². The van der Waals surface area contributed by atoms with Crippen LogP contribution in [0.5, 0.6) is 11.5 Å². The first kappa shape index (κ1) is 15.0. The molecule has 0 aliphatic rings. The zero-order valence-electron chi connectivity index (χ0n) is 11.5. The summed E-state index contributed by atoms with van der Waals surface area (Å²) >= 11 is 0. The lowest BCUT2D eigenvalue weighted by molar-refractivity contribution is 0.400. The number of hydrogen-bond acceptors (Lipinski definition) is 6. The van der Waals surface area contributed by atoms with Gasteiger partial charge in [-0.2, -0.15) is 5.10 Å². The van der Waals surface area contributed by atoms with Crippen molar-refractivity contribution >= 4 is 9.84 Å². The third-order valence-corrected chi connectivity index (χ3v) is 4.36. The van der Waals surface area contributed by atoms with Crippen molar-refractivity contribution in [2.75, 3.05) is 14.2 Å². The van der Waals surface area contributed by atoms with Crippen LogP contribution in [0, 0.1) is 0 Å². The van der Waals surface area contributed by atoms with Gasteiger partial charge in [0, 0.05) is 11.6 Å². The zero-order valence-corrected chi connectivity index (χ0v) is 12.3. The van der Waals surface area contributed by atoms with Gasteiger partial charge in [-0.1, -0.05) is 0 Å². The Morgan fingerprint density at radius 2 is 1.90 bits per heavy atom. The van der Waals surface area contributed by atoms with Crippen LogP contribution in [-0.2, 0) is 15.6 Å². The maximum Gasteiger partial charge on any atom is 0.264 e. The molecule has 0 aliphatic heterocycles. The van der Waals surface area contributed by atoms with Crippen LogP contribution in [0.25, 0.3) is 0 Å². The van der Waals surface area contributed by atoms with E-state index < -0.39 is 15.4 Å². The topological polar surface area (TPSA) is 98.4 Å². The number of nitrogens with zero attached hydrogens (tertiary/aromatic N) is 1. The summed E-state index contributed by atoms with van der Waals surface area (Å²) in [6.45, 7) is 0. The molecule has 1 N–H and O–H groups in total. The Labute approximate surface area is 121 Å². The fourth-order valence-corrected chi connectivity index (χ4v) is 3.02. The van der Waals surface area contributed by atoms with Gasteiger partial charge >= 0.3 is 0 Å². The number of rotatable bonds is 5. The third kappa shape index (κ3) is 3.40. The highest BCUT2D eigenvalue weighted by Gasteiger charge is 2.20. The minimum absolute atomic E-state index is 0.202. The van der Waals surface area contributed by atoms with Crippen molar-refractivity contribution in [3.05, 3.63) is 46.2 Å². The Morgan fingerprint density at radius 1 is 1.14 bits per heavy atom. The molecule has 112 valence electrons. The van der Waals surface area contributed by atoms with E-state index in [1.807, 2.05) is 0 Å². The molecule has 1 aromatic heterocycles. The third-order valence-electron chi connectivity index (χ3n) is 2.81. The Kier molecular flexibility index (Phi) is 4.27. The summed E-state index contributed by atoms with van der Waals surface area (Å²) < 4.78 is 34.8. The number of hydrogen-bond donors (Lipinski definition) is 1. The van der Waals surface area contributed by atoms with Gasteiger partial charge in [-0.25, -0.2) is 13.5 Å². The van der Waals surface area contributed by atoms with Crippen molar-refractivity contribution in [1.82, 2.24) is 10.2 Å². The molecule has 1 aromatic carbocycles. The summed E-state index contributed by atoms with van der Waals surface area (Å²) in [5.41, 5.74) is -0.0160. The van der Waals surface area contributed by atoms with Gasteiger partial charge in [0.1, 0.15) is 11.5 Å². The molecule has 0 radical (unpaired) electrons. The number of aromatic amines is 1. The van der Waals surface area contributed by atoms with E-state index >= 15 is 0 Å². The van der Waals surface area contributed by atoms with Crippen LogP contribution in [0.2, 0.25) is 0 Å². The standard InChI is InChI=1S/C13H14N2O5S/c1-19-10-3-4-11(20-2)9(7-10)8-21(17,18)13-6-5-12(16)14-15-13/h3-7H,8H2,1-2H3,(H,14,16). The Bertz CT molecular complexity index is 778. The molecule has 0 fully saturated rings. The maximum absolute atomic E-state index is 12.3. The minimum atomic E-state index is -3.70. The van der Waals surface area contributed by atoms with Gasteiger partial charge in [-0.05, 0) is 24.3 Å². The first-order chi connectivity index (χ1) is 9.96. The van der Waals surface area contributed by atoms with Gasteiger partial charge in [0.05, 0.1) is 20.0 Å². The van der Waals surface area contributed by atoms with Crippen LogP contribution in [0.1, 0.15) is 5.56 Å². The molecular formula is C13H14N2O5S. The van der Waals surface area contributed by atoms with Crippen LogP contribution in [0.15, 0.2) is 40.2 Å². The molecule has 0 spiro atoms. The molecule has 0 unspecified atom stereocenters. The monoisotopic (exact) mass is 310 g/mol. The van der Waals surface area contributed by atoms with Gasteiger partial charge in [0.2, 0.25) is 9.84 Å². The van der Waals surface area contributed by atoms with Gasteiger partial charge in [-0.3, -0.25) is 4.79 Å². The molecule has 0 aliphatic carbocycles. The van der Waals surface area contributed by atoms with Crippen LogP contribution >= 0.6 is 0 Å². The maximum atomic E-state index is 12.3. The lowest BCUT2D eigenvalue weighted by atomic mass is 10.2. The van der Waals surface area contributed by atoms with Crippen molar-refractivity contribution < 1.29 is 17.9 Å². The summed E-state index contributed by atoms with van der Waals surface area (Å²) in [7, 11) is -0.760. The molecule has 21 heavy (non-hydrogen) atoms. The number of sulfone groups is 1. The lowest BCUT2D eigenvalue weighted by Crippen LogP contribution is -2.13. The molecule has 7 nitrogen and oxygen atoms in total. The van der Waals surface area contributed by atoms with Crippen molar-refractivity contribution in [3.63, 3.8) is 0 Å². The number of ether oxygens (including phenoxy) is 2. The molecule has 0 bridgehead atoms. The van der Waals surface area contributed by atoms with E-state index in [0.717, 1.165) is 6.07 Å². The highest BCUT2D eigenvalue weighted by molar-refractivity contribution is 7.90. The number of methoxy groups -OCH3 is 2. The highest BCUT2D eigenvalue weighted by Crippen LogP contribution is 2.27.